The van der Waals surface area contributed by atoms with Crippen LogP contribution in [0.25, 0.3) is 0 Å². The maximum absolute atomic E-state index is 13.0. The van der Waals surface area contributed by atoms with Gasteiger partial charge in [0.2, 0.25) is 0 Å². The van der Waals surface area contributed by atoms with E-state index in [-0.39, 0.29) is 28.6 Å². The van der Waals surface area contributed by atoms with Crippen molar-refractivity contribution in [1.29, 1.82) is 0 Å². The van der Waals surface area contributed by atoms with Crippen molar-refractivity contribution < 1.29 is 43.9 Å². The highest BCUT2D eigenvalue weighted by Gasteiger charge is 2.54. The molecule has 1 unspecified atom stereocenters. The van der Waals surface area contributed by atoms with Crippen LogP contribution in [0.2, 0.25) is 0 Å². The van der Waals surface area contributed by atoms with Gasteiger partial charge < -0.3 is 29.5 Å². The molecular weight excluding hydrogens is 444 g/mol. The average Bonchev–Trinajstić information content (AvgIpc) is 3.29. The molecule has 0 aromatic heterocycles. The van der Waals surface area contributed by atoms with Gasteiger partial charge in [-0.15, -0.1) is 0 Å². The first-order valence-electron chi connectivity index (χ1n) is 11.0. The fourth-order valence-electron chi connectivity index (χ4n) is 4.82. The Bertz CT molecular complexity index is 973. The fourth-order valence-corrected chi connectivity index (χ4v) is 4.82. The van der Waals surface area contributed by atoms with Crippen molar-refractivity contribution >= 4 is 17.9 Å². The van der Waals surface area contributed by atoms with E-state index in [0.717, 1.165) is 23.6 Å². The monoisotopic (exact) mass is 474 g/mol. The van der Waals surface area contributed by atoms with E-state index in [1.165, 1.54) is 0 Å². The van der Waals surface area contributed by atoms with E-state index in [4.69, 9.17) is 19.3 Å². The van der Waals surface area contributed by atoms with Gasteiger partial charge in [0.15, 0.2) is 0 Å². The van der Waals surface area contributed by atoms with Crippen LogP contribution >= 0.6 is 0 Å². The lowest BCUT2D eigenvalue weighted by molar-refractivity contribution is -0.149. The molecule has 3 rings (SSSR count). The fraction of sp³-hybridized carbons (Fsp3) is 0.480. The predicted octanol–water partition coefficient (Wildman–Crippen LogP) is 0.910. The van der Waals surface area contributed by atoms with Crippen LogP contribution in [0.1, 0.15) is 19.8 Å². The summed E-state index contributed by atoms with van der Waals surface area (Å²) >= 11 is 0. The molecule has 1 saturated heterocycles. The minimum atomic E-state index is -1.50. The summed E-state index contributed by atoms with van der Waals surface area (Å²) in [6, 6.07) is 0. The highest BCUT2D eigenvalue weighted by molar-refractivity contribution is 5.93. The first-order chi connectivity index (χ1) is 16.1. The third-order valence-electron chi connectivity index (χ3n) is 6.71. The Morgan fingerprint density at radius 2 is 1.97 bits per heavy atom. The molecule has 2 fully saturated rings. The Kier molecular flexibility index (Phi) is 7.91. The summed E-state index contributed by atoms with van der Waals surface area (Å²) in [7, 11) is 0. The highest BCUT2D eigenvalue weighted by atomic mass is 16.6. The first kappa shape index (κ1) is 25.6. The smallest absolute Gasteiger partial charge is 0.337 e. The van der Waals surface area contributed by atoms with Gasteiger partial charge >= 0.3 is 17.9 Å². The summed E-state index contributed by atoms with van der Waals surface area (Å²) in [4.78, 5) is 37.4. The lowest BCUT2D eigenvalue weighted by Gasteiger charge is -2.28. The number of aliphatic hydroxyl groups is 3. The second-order valence-electron chi connectivity index (χ2n) is 8.75. The van der Waals surface area contributed by atoms with Gasteiger partial charge in [0, 0.05) is 17.9 Å². The lowest BCUT2D eigenvalue weighted by atomic mass is 9.80. The molecule has 34 heavy (non-hydrogen) atoms. The number of allylic oxidation sites excluding steroid dienone is 1. The molecule has 9 heteroatoms. The van der Waals surface area contributed by atoms with Gasteiger partial charge in [-0.25, -0.2) is 14.4 Å². The Labute approximate surface area is 197 Å². The van der Waals surface area contributed by atoms with Gasteiger partial charge in [-0.3, -0.25) is 0 Å². The molecule has 2 aliphatic carbocycles. The van der Waals surface area contributed by atoms with Gasteiger partial charge in [0.1, 0.15) is 24.9 Å². The van der Waals surface area contributed by atoms with Crippen LogP contribution in [0, 0.1) is 17.8 Å². The maximum atomic E-state index is 13.0. The van der Waals surface area contributed by atoms with Crippen molar-refractivity contribution in [2.75, 3.05) is 19.8 Å². The lowest BCUT2D eigenvalue weighted by Crippen LogP contribution is -2.36. The summed E-state index contributed by atoms with van der Waals surface area (Å²) in [5.41, 5.74) is 1.68. The Hall–Kier alpha value is -3.01. The van der Waals surface area contributed by atoms with Gasteiger partial charge in [0.05, 0.1) is 30.3 Å². The predicted molar refractivity (Wildman–Crippen MR) is 120 cm³/mol. The molecule has 0 aromatic carbocycles. The van der Waals surface area contributed by atoms with E-state index in [2.05, 4.69) is 25.8 Å². The maximum Gasteiger partial charge on any atom is 0.337 e. The SMILES string of the molecule is C=C(C(=O)OC/C(=C\CO)C(=O)O[C@@H]1CC(=C)[C@@H]2CC=C(C)[C@@H]2[C@H]2OC(=O)C(=C)[C@@H]21)C(O)CO. The minimum absolute atomic E-state index is 0.0623. The van der Waals surface area contributed by atoms with Crippen molar-refractivity contribution in [1.82, 2.24) is 0 Å². The van der Waals surface area contributed by atoms with Crippen molar-refractivity contribution in [2.45, 2.75) is 38.1 Å². The second-order valence-corrected chi connectivity index (χ2v) is 8.75. The van der Waals surface area contributed by atoms with E-state index in [0.29, 0.717) is 6.42 Å². The molecule has 1 aliphatic heterocycles. The molecular formula is C25H30O9. The van der Waals surface area contributed by atoms with Crippen LogP contribution in [-0.4, -0.2) is 71.4 Å². The largest absolute Gasteiger partial charge is 0.458 e. The van der Waals surface area contributed by atoms with Crippen LogP contribution in [0.4, 0.5) is 0 Å². The zero-order valence-electron chi connectivity index (χ0n) is 19.1. The molecule has 0 spiro atoms. The highest BCUT2D eigenvalue weighted by Crippen LogP contribution is 2.51. The van der Waals surface area contributed by atoms with Gasteiger partial charge in [-0.1, -0.05) is 37.0 Å². The zero-order valence-corrected chi connectivity index (χ0v) is 19.1. The Morgan fingerprint density at radius 1 is 1.26 bits per heavy atom. The summed E-state index contributed by atoms with van der Waals surface area (Å²) in [6.45, 7) is 11.6. The molecule has 1 saturated carbocycles. The Morgan fingerprint density at radius 3 is 2.62 bits per heavy atom. The topological polar surface area (TPSA) is 140 Å². The molecule has 6 atom stereocenters. The zero-order chi connectivity index (χ0) is 25.2. The number of hydrogen-bond donors (Lipinski definition) is 3. The van der Waals surface area contributed by atoms with E-state index in [1.54, 1.807) is 0 Å². The molecule has 1 heterocycles. The Balaban J connectivity index is 1.77. The third-order valence-corrected chi connectivity index (χ3v) is 6.71. The molecule has 0 bridgehead atoms. The number of aliphatic hydroxyl groups excluding tert-OH is 3. The van der Waals surface area contributed by atoms with Crippen LogP contribution in [0.3, 0.4) is 0 Å². The number of rotatable bonds is 8. The van der Waals surface area contributed by atoms with Crippen LogP contribution < -0.4 is 0 Å². The summed E-state index contributed by atoms with van der Waals surface area (Å²) in [5.74, 6) is -2.96. The van der Waals surface area contributed by atoms with Crippen LogP contribution in [0.15, 0.2) is 59.8 Å². The molecule has 184 valence electrons. The van der Waals surface area contributed by atoms with Crippen molar-refractivity contribution in [3.05, 3.63) is 59.8 Å². The molecule has 3 N–H and O–H groups in total. The normalized spacial score (nSPS) is 29.4. The molecule has 0 aromatic rings. The van der Waals surface area contributed by atoms with E-state index in [1.807, 2.05) is 6.92 Å². The minimum Gasteiger partial charge on any atom is -0.458 e. The van der Waals surface area contributed by atoms with Crippen molar-refractivity contribution in [2.24, 2.45) is 17.8 Å². The standard InChI is InChI=1S/C25H30O9/c1-12-5-6-17-13(2)9-19(21-15(4)24(30)34-22(21)20(12)17)33-25(31)16(7-8-26)11-32-23(29)14(3)18(28)10-27/h5,7,17-22,26-28H,2-4,6,8-11H2,1H3/b16-7+/t17-,18?,19+,20-,21+,22+/m0/s1. The number of carbonyl (C=O) groups excluding carboxylic acids is 3. The number of esters is 3. The van der Waals surface area contributed by atoms with Crippen LogP contribution in [0.5, 0.6) is 0 Å². The van der Waals surface area contributed by atoms with Crippen molar-refractivity contribution in [3.63, 3.8) is 0 Å². The quantitative estimate of drug-likeness (QED) is 0.203. The number of ether oxygens (including phenoxy) is 3. The number of fused-ring (bicyclic) bond motifs is 3. The third kappa shape index (κ3) is 4.91. The molecule has 3 aliphatic rings. The molecule has 0 radical (unpaired) electrons. The number of hydrogen-bond acceptors (Lipinski definition) is 9. The molecule has 0 amide bonds. The summed E-state index contributed by atoms with van der Waals surface area (Å²) in [6.07, 6.45) is 1.49. The van der Waals surface area contributed by atoms with Crippen molar-refractivity contribution in [3.8, 4) is 0 Å². The van der Waals surface area contributed by atoms with Gasteiger partial charge in [-0.05, 0) is 25.3 Å². The van der Waals surface area contributed by atoms with E-state index >= 15 is 0 Å². The van der Waals surface area contributed by atoms with Crippen LogP contribution in [-0.2, 0) is 28.6 Å². The van der Waals surface area contributed by atoms with E-state index in [9.17, 15) is 24.6 Å². The average molecular weight is 475 g/mol. The van der Waals surface area contributed by atoms with Gasteiger partial charge in [0.25, 0.3) is 0 Å². The summed E-state index contributed by atoms with van der Waals surface area (Å²) < 4.78 is 16.4. The van der Waals surface area contributed by atoms with Gasteiger partial charge in [-0.2, -0.15) is 0 Å². The first-order valence-corrected chi connectivity index (χ1v) is 11.0. The molecule has 9 nitrogen and oxygen atoms in total. The number of carbonyl (C=O) groups is 3. The van der Waals surface area contributed by atoms with E-state index < -0.39 is 62.0 Å². The summed E-state index contributed by atoms with van der Waals surface area (Å²) in [5, 5.41) is 27.8. The second kappa shape index (κ2) is 10.5.